The molecule has 2 aliphatic carbocycles. The van der Waals surface area contributed by atoms with Gasteiger partial charge in [-0.05, 0) is 30.7 Å². The lowest BCUT2D eigenvalue weighted by molar-refractivity contribution is 0.0810. The first-order chi connectivity index (χ1) is 10.3. The number of carbonyl (C=O) groups is 1. The fourth-order valence-corrected chi connectivity index (χ4v) is 3.67. The van der Waals surface area contributed by atoms with Crippen LogP contribution in [0.15, 0.2) is 30.3 Å². The summed E-state index contributed by atoms with van der Waals surface area (Å²) in [5.41, 5.74) is 4.98. The van der Waals surface area contributed by atoms with E-state index in [1.54, 1.807) is 0 Å². The van der Waals surface area contributed by atoms with Crippen LogP contribution < -0.4 is 5.43 Å². The fraction of sp³-hybridized carbons (Fsp3) is 0.438. The van der Waals surface area contributed by atoms with Crippen LogP contribution in [0, 0.1) is 11.8 Å². The highest BCUT2D eigenvalue weighted by atomic mass is 16.2. The van der Waals surface area contributed by atoms with Crippen LogP contribution in [-0.4, -0.2) is 34.2 Å². The summed E-state index contributed by atoms with van der Waals surface area (Å²) in [5.74, 6) is 1.36. The Morgan fingerprint density at radius 1 is 1.10 bits per heavy atom. The molecule has 1 N–H and O–H groups in total. The smallest absolute Gasteiger partial charge is 0.283 e. The van der Waals surface area contributed by atoms with E-state index in [2.05, 4.69) is 20.6 Å². The molecular weight excluding hydrogens is 264 g/mol. The standard InChI is InChI=1S/C16H18N4O/c21-16(19-20-9-11-5-4-6-12(11)10-20)15-13-7-2-1-3-8-14(13)17-18-15/h1-3,7-8,11-12H,4-6,9-10H2,(H,19,21). The predicted octanol–water partition coefficient (Wildman–Crippen LogP) is 1.96. The topological polar surface area (TPSA) is 58.1 Å². The minimum Gasteiger partial charge on any atom is -0.283 e. The van der Waals surface area contributed by atoms with E-state index < -0.39 is 0 Å². The molecule has 0 aromatic carbocycles. The lowest BCUT2D eigenvalue weighted by Gasteiger charge is -2.17. The lowest BCUT2D eigenvalue weighted by atomic mass is 10.0. The molecule has 2 fully saturated rings. The van der Waals surface area contributed by atoms with Crippen molar-refractivity contribution in [3.05, 3.63) is 36.0 Å². The number of carbonyl (C=O) groups excluding carboxylic acids is 1. The number of fused-ring (bicyclic) bond motifs is 2. The van der Waals surface area contributed by atoms with Crippen molar-refractivity contribution in [2.75, 3.05) is 13.1 Å². The van der Waals surface area contributed by atoms with Gasteiger partial charge in [0.05, 0.1) is 5.69 Å². The molecule has 1 saturated carbocycles. The summed E-state index contributed by atoms with van der Waals surface area (Å²) in [4.78, 5) is 12.4. The van der Waals surface area contributed by atoms with Gasteiger partial charge in [0, 0.05) is 18.7 Å². The summed E-state index contributed by atoms with van der Waals surface area (Å²) in [6.45, 7) is 1.94. The first-order valence-corrected chi connectivity index (χ1v) is 7.58. The molecular formula is C16H18N4O. The quantitative estimate of drug-likeness (QED) is 0.914. The van der Waals surface area contributed by atoms with Gasteiger partial charge in [-0.2, -0.15) is 0 Å². The molecule has 2 heterocycles. The maximum Gasteiger partial charge on any atom is 0.286 e. The Hall–Kier alpha value is -2.01. The van der Waals surface area contributed by atoms with Gasteiger partial charge in [-0.3, -0.25) is 10.2 Å². The number of nitrogens with zero attached hydrogens (tertiary/aromatic N) is 3. The molecule has 0 aromatic heterocycles. The third-order valence-electron chi connectivity index (χ3n) is 4.73. The third kappa shape index (κ3) is 2.27. The SMILES string of the molecule is O=C(NN1CC2CCCC2C1)c1nnc2cccccc1-2. The van der Waals surface area contributed by atoms with Crippen molar-refractivity contribution in [3.63, 3.8) is 0 Å². The first-order valence-electron chi connectivity index (χ1n) is 7.58. The van der Waals surface area contributed by atoms with Crippen LogP contribution in [0.5, 0.6) is 0 Å². The minimum absolute atomic E-state index is 0.149. The Balaban J connectivity index is 1.50. The van der Waals surface area contributed by atoms with E-state index in [1.807, 2.05) is 30.3 Å². The Labute approximate surface area is 123 Å². The second kappa shape index (κ2) is 5.07. The van der Waals surface area contributed by atoms with E-state index in [1.165, 1.54) is 19.3 Å². The Kier molecular flexibility index (Phi) is 3.07. The maximum absolute atomic E-state index is 12.4. The highest BCUT2D eigenvalue weighted by Gasteiger charge is 2.37. The number of hydrogen-bond acceptors (Lipinski definition) is 4. The van der Waals surface area contributed by atoms with E-state index in [0.29, 0.717) is 5.69 Å². The van der Waals surface area contributed by atoms with Gasteiger partial charge in [0.2, 0.25) is 0 Å². The van der Waals surface area contributed by atoms with Crippen LogP contribution in [0.25, 0.3) is 11.3 Å². The highest BCUT2D eigenvalue weighted by molar-refractivity contribution is 5.98. The molecule has 1 amide bonds. The molecule has 1 saturated heterocycles. The normalized spacial score (nSPS) is 25.1. The van der Waals surface area contributed by atoms with Crippen molar-refractivity contribution >= 4 is 5.91 Å². The molecule has 0 aromatic rings. The highest BCUT2D eigenvalue weighted by Crippen LogP contribution is 2.37. The van der Waals surface area contributed by atoms with Crippen molar-refractivity contribution in [2.24, 2.45) is 11.8 Å². The third-order valence-corrected chi connectivity index (χ3v) is 4.73. The Morgan fingerprint density at radius 3 is 2.67 bits per heavy atom. The van der Waals surface area contributed by atoms with Gasteiger partial charge in [0.15, 0.2) is 5.69 Å². The molecule has 4 rings (SSSR count). The van der Waals surface area contributed by atoms with Crippen molar-refractivity contribution in [1.82, 2.24) is 20.6 Å². The molecule has 5 nitrogen and oxygen atoms in total. The average Bonchev–Trinajstić information content (AvgIpc) is 3.10. The van der Waals surface area contributed by atoms with Gasteiger partial charge in [0.25, 0.3) is 5.91 Å². The maximum atomic E-state index is 12.4. The fourth-order valence-electron chi connectivity index (χ4n) is 3.67. The van der Waals surface area contributed by atoms with Gasteiger partial charge in [0.1, 0.15) is 0 Å². The summed E-state index contributed by atoms with van der Waals surface area (Å²) < 4.78 is 0. The lowest BCUT2D eigenvalue weighted by Crippen LogP contribution is -2.41. The zero-order valence-corrected chi connectivity index (χ0v) is 11.8. The number of hydrogen-bond donors (Lipinski definition) is 1. The van der Waals surface area contributed by atoms with E-state index in [0.717, 1.165) is 36.2 Å². The molecule has 4 aliphatic rings. The van der Waals surface area contributed by atoms with Gasteiger partial charge in [-0.25, -0.2) is 5.01 Å². The van der Waals surface area contributed by atoms with Crippen LogP contribution in [0.3, 0.4) is 0 Å². The van der Waals surface area contributed by atoms with Crippen LogP contribution >= 0.6 is 0 Å². The second-order valence-corrected chi connectivity index (χ2v) is 6.06. The molecule has 5 heteroatoms. The largest absolute Gasteiger partial charge is 0.286 e. The minimum atomic E-state index is -0.149. The summed E-state index contributed by atoms with van der Waals surface area (Å²) >= 11 is 0. The first kappa shape index (κ1) is 12.7. The van der Waals surface area contributed by atoms with Crippen molar-refractivity contribution < 1.29 is 4.79 Å². The van der Waals surface area contributed by atoms with Gasteiger partial charge >= 0.3 is 0 Å². The predicted molar refractivity (Wildman–Crippen MR) is 78.5 cm³/mol. The van der Waals surface area contributed by atoms with Crippen LogP contribution in [0.1, 0.15) is 29.8 Å². The van der Waals surface area contributed by atoms with E-state index >= 15 is 0 Å². The number of nitrogens with one attached hydrogen (secondary N) is 1. The zero-order chi connectivity index (χ0) is 14.2. The van der Waals surface area contributed by atoms with E-state index in [9.17, 15) is 4.79 Å². The molecule has 0 spiro atoms. The number of hydrazine groups is 1. The molecule has 0 bridgehead atoms. The van der Waals surface area contributed by atoms with Gasteiger partial charge in [-0.15, -0.1) is 10.2 Å². The second-order valence-electron chi connectivity index (χ2n) is 6.06. The average molecular weight is 282 g/mol. The number of aromatic nitrogens is 2. The van der Waals surface area contributed by atoms with E-state index in [4.69, 9.17) is 0 Å². The summed E-state index contributed by atoms with van der Waals surface area (Å²) in [6, 6.07) is 9.50. The van der Waals surface area contributed by atoms with Crippen LogP contribution in [0.4, 0.5) is 0 Å². The van der Waals surface area contributed by atoms with Gasteiger partial charge in [-0.1, -0.05) is 30.7 Å². The number of rotatable bonds is 2. The molecule has 2 unspecified atom stereocenters. The molecule has 0 radical (unpaired) electrons. The van der Waals surface area contributed by atoms with E-state index in [-0.39, 0.29) is 5.91 Å². The molecule has 2 aliphatic heterocycles. The molecule has 108 valence electrons. The number of amides is 1. The monoisotopic (exact) mass is 282 g/mol. The van der Waals surface area contributed by atoms with Crippen molar-refractivity contribution in [2.45, 2.75) is 19.3 Å². The Bertz CT molecular complexity index is 632. The Morgan fingerprint density at radius 2 is 1.86 bits per heavy atom. The van der Waals surface area contributed by atoms with Crippen LogP contribution in [0.2, 0.25) is 0 Å². The molecule has 21 heavy (non-hydrogen) atoms. The summed E-state index contributed by atoms with van der Waals surface area (Å²) in [6.07, 6.45) is 3.94. The van der Waals surface area contributed by atoms with Gasteiger partial charge < -0.3 is 0 Å². The van der Waals surface area contributed by atoms with Crippen molar-refractivity contribution in [3.8, 4) is 11.3 Å². The van der Waals surface area contributed by atoms with Crippen molar-refractivity contribution in [1.29, 1.82) is 0 Å². The van der Waals surface area contributed by atoms with Crippen LogP contribution in [-0.2, 0) is 0 Å². The zero-order valence-electron chi connectivity index (χ0n) is 11.8. The summed E-state index contributed by atoms with van der Waals surface area (Å²) in [5, 5.41) is 10.2. The molecule has 2 atom stereocenters. The summed E-state index contributed by atoms with van der Waals surface area (Å²) in [7, 11) is 0.